The van der Waals surface area contributed by atoms with E-state index < -0.39 is 11.0 Å². The summed E-state index contributed by atoms with van der Waals surface area (Å²) in [5, 5.41) is 18.7. The predicted molar refractivity (Wildman–Crippen MR) is 73.9 cm³/mol. The third-order valence-corrected chi connectivity index (χ3v) is 4.74. The summed E-state index contributed by atoms with van der Waals surface area (Å²) in [4.78, 5) is 13.5. The van der Waals surface area contributed by atoms with E-state index in [9.17, 15) is 4.79 Å². The van der Waals surface area contributed by atoms with Crippen molar-refractivity contribution in [3.8, 4) is 0 Å². The lowest BCUT2D eigenvalue weighted by Crippen LogP contribution is -2.23. The van der Waals surface area contributed by atoms with Crippen LogP contribution in [0.1, 0.15) is 26.2 Å². The van der Waals surface area contributed by atoms with Gasteiger partial charge in [-0.3, -0.25) is 4.79 Å². The molecule has 2 saturated carbocycles. The summed E-state index contributed by atoms with van der Waals surface area (Å²) in [6.45, 7) is 2.65. The van der Waals surface area contributed by atoms with Crippen molar-refractivity contribution in [1.82, 2.24) is 0 Å². The van der Waals surface area contributed by atoms with Gasteiger partial charge in [-0.15, -0.1) is 0 Å². The monoisotopic (exact) mass is 277 g/mol. The van der Waals surface area contributed by atoms with E-state index in [4.69, 9.17) is 21.1 Å². The van der Waals surface area contributed by atoms with Crippen molar-refractivity contribution < 1.29 is 9.53 Å². The predicted octanol–water partition coefficient (Wildman–Crippen LogP) is 2.56. The number of nitrogens with one attached hydrogen (secondary N) is 2. The SMILES string of the molecule is CC(C=N)CC1C(C2(OC=O)CC2)C1(C=N)CN=[N+]=[N-]. The number of rotatable bonds is 9. The van der Waals surface area contributed by atoms with E-state index in [1.54, 1.807) is 0 Å². The average Bonchev–Trinajstić information content (AvgIpc) is 3.33. The zero-order chi connectivity index (χ0) is 14.8. The van der Waals surface area contributed by atoms with Crippen molar-refractivity contribution in [1.29, 1.82) is 10.8 Å². The highest BCUT2D eigenvalue weighted by Crippen LogP contribution is 2.71. The first-order valence-electron chi connectivity index (χ1n) is 6.74. The van der Waals surface area contributed by atoms with Crippen LogP contribution in [0.25, 0.3) is 10.4 Å². The number of hydrogen-bond acceptors (Lipinski definition) is 5. The van der Waals surface area contributed by atoms with E-state index in [1.807, 2.05) is 6.92 Å². The van der Waals surface area contributed by atoms with Gasteiger partial charge in [-0.1, -0.05) is 12.0 Å². The van der Waals surface area contributed by atoms with Gasteiger partial charge in [-0.2, -0.15) is 0 Å². The largest absolute Gasteiger partial charge is 0.461 e. The summed E-state index contributed by atoms with van der Waals surface area (Å²) in [5.74, 6) is 0.262. The average molecular weight is 277 g/mol. The minimum absolute atomic E-state index is 0.0330. The molecule has 0 saturated heterocycles. The Bertz CT molecular complexity index is 469. The van der Waals surface area contributed by atoms with Crippen molar-refractivity contribution in [3.05, 3.63) is 10.4 Å². The molecule has 0 bridgehead atoms. The van der Waals surface area contributed by atoms with Gasteiger partial charge < -0.3 is 15.6 Å². The Kier molecular flexibility index (Phi) is 3.81. The molecule has 0 aromatic rings. The van der Waals surface area contributed by atoms with Crippen LogP contribution in [-0.2, 0) is 9.53 Å². The Morgan fingerprint density at radius 1 is 1.55 bits per heavy atom. The Morgan fingerprint density at radius 3 is 2.70 bits per heavy atom. The Labute approximate surface area is 117 Å². The number of carbonyl (C=O) groups excluding carboxylic acids is 1. The molecular weight excluding hydrogens is 258 g/mol. The normalized spacial score (nSPS) is 34.2. The molecule has 0 aliphatic heterocycles. The minimum atomic E-state index is -0.511. The van der Waals surface area contributed by atoms with E-state index in [0.717, 1.165) is 19.3 Å². The van der Waals surface area contributed by atoms with Gasteiger partial charge in [0, 0.05) is 29.0 Å². The lowest BCUT2D eigenvalue weighted by Gasteiger charge is -2.16. The van der Waals surface area contributed by atoms with Crippen LogP contribution in [0, 0.1) is 34.0 Å². The topological polar surface area (TPSA) is 123 Å². The smallest absolute Gasteiger partial charge is 0.293 e. The fourth-order valence-corrected chi connectivity index (χ4v) is 3.55. The molecule has 0 heterocycles. The van der Waals surface area contributed by atoms with Crippen molar-refractivity contribution in [2.75, 3.05) is 6.54 Å². The van der Waals surface area contributed by atoms with Gasteiger partial charge in [-0.05, 0) is 42.8 Å². The van der Waals surface area contributed by atoms with Crippen LogP contribution < -0.4 is 0 Å². The molecule has 2 rings (SSSR count). The van der Waals surface area contributed by atoms with Crippen LogP contribution >= 0.6 is 0 Å². The maximum atomic E-state index is 10.7. The summed E-state index contributed by atoms with van der Waals surface area (Å²) in [6, 6.07) is 0. The molecule has 20 heavy (non-hydrogen) atoms. The molecule has 4 atom stereocenters. The van der Waals surface area contributed by atoms with Crippen LogP contribution in [0.2, 0.25) is 0 Å². The van der Waals surface area contributed by atoms with E-state index in [-0.39, 0.29) is 24.3 Å². The summed E-state index contributed by atoms with van der Waals surface area (Å²) in [5.41, 5.74) is 7.55. The van der Waals surface area contributed by atoms with Crippen LogP contribution in [0.15, 0.2) is 5.11 Å². The number of ether oxygens (including phenoxy) is 1. The number of hydrogen-bond donors (Lipinski definition) is 2. The molecular formula is C13H19N5O2. The second-order valence-corrected chi connectivity index (χ2v) is 5.89. The Morgan fingerprint density at radius 2 is 2.25 bits per heavy atom. The zero-order valence-corrected chi connectivity index (χ0v) is 11.5. The first-order valence-corrected chi connectivity index (χ1v) is 6.74. The van der Waals surface area contributed by atoms with Crippen LogP contribution in [-0.4, -0.2) is 31.0 Å². The van der Waals surface area contributed by atoms with Crippen LogP contribution in [0.4, 0.5) is 0 Å². The highest BCUT2D eigenvalue weighted by molar-refractivity contribution is 5.71. The van der Waals surface area contributed by atoms with Gasteiger partial charge >= 0.3 is 0 Å². The molecule has 108 valence electrons. The maximum Gasteiger partial charge on any atom is 0.293 e. The van der Waals surface area contributed by atoms with Gasteiger partial charge in [0.1, 0.15) is 5.60 Å². The molecule has 0 radical (unpaired) electrons. The third kappa shape index (κ3) is 2.18. The molecule has 2 N–H and O–H groups in total. The Hall–Kier alpha value is -1.88. The fraction of sp³-hybridized carbons (Fsp3) is 0.769. The standard InChI is InChI=1S/C13H19N5O2/c1-9(5-14)4-10-11(13(2-3-13)20-8-19)12(10,6-15)7-17-18-16/h5-6,8-11,14-15H,2-4,7H2,1H3. The third-order valence-electron chi connectivity index (χ3n) is 4.74. The molecule has 4 unspecified atom stereocenters. The summed E-state index contributed by atoms with van der Waals surface area (Å²) < 4.78 is 5.27. The molecule has 2 fully saturated rings. The second-order valence-electron chi connectivity index (χ2n) is 5.89. The highest BCUT2D eigenvalue weighted by atomic mass is 16.5. The number of azide groups is 1. The van der Waals surface area contributed by atoms with Gasteiger partial charge in [0.05, 0.1) is 0 Å². The lowest BCUT2D eigenvalue weighted by molar-refractivity contribution is -0.137. The van der Waals surface area contributed by atoms with E-state index in [0.29, 0.717) is 6.47 Å². The molecule has 0 amide bonds. The van der Waals surface area contributed by atoms with Crippen molar-refractivity contribution >= 4 is 18.9 Å². The lowest BCUT2D eigenvalue weighted by atomic mass is 9.98. The van der Waals surface area contributed by atoms with Gasteiger partial charge in [-0.25, -0.2) is 0 Å². The van der Waals surface area contributed by atoms with Gasteiger partial charge in [0.2, 0.25) is 0 Å². The first-order chi connectivity index (χ1) is 9.60. The van der Waals surface area contributed by atoms with Gasteiger partial charge in [0.25, 0.3) is 6.47 Å². The van der Waals surface area contributed by atoms with Crippen molar-refractivity contribution in [2.24, 2.45) is 28.3 Å². The summed E-state index contributed by atoms with van der Waals surface area (Å²) in [7, 11) is 0. The first kappa shape index (κ1) is 14.5. The van der Waals surface area contributed by atoms with E-state index in [1.165, 1.54) is 12.4 Å². The molecule has 2 aliphatic carbocycles. The van der Waals surface area contributed by atoms with Crippen LogP contribution in [0.5, 0.6) is 0 Å². The summed E-state index contributed by atoms with van der Waals surface area (Å²) >= 11 is 0. The molecule has 7 nitrogen and oxygen atoms in total. The van der Waals surface area contributed by atoms with E-state index in [2.05, 4.69) is 10.0 Å². The number of carbonyl (C=O) groups is 1. The number of nitrogens with zero attached hydrogens (tertiary/aromatic N) is 3. The molecule has 0 spiro atoms. The van der Waals surface area contributed by atoms with Crippen LogP contribution in [0.3, 0.4) is 0 Å². The zero-order valence-electron chi connectivity index (χ0n) is 11.5. The van der Waals surface area contributed by atoms with Gasteiger partial charge in [0.15, 0.2) is 0 Å². The summed E-state index contributed by atoms with van der Waals surface area (Å²) in [6.07, 6.45) is 5.09. The maximum absolute atomic E-state index is 10.7. The fourth-order valence-electron chi connectivity index (χ4n) is 3.55. The second kappa shape index (κ2) is 5.25. The van der Waals surface area contributed by atoms with E-state index >= 15 is 0 Å². The molecule has 0 aromatic carbocycles. The Balaban J connectivity index is 2.22. The molecule has 2 aliphatic rings. The van der Waals surface area contributed by atoms with Crippen molar-refractivity contribution in [2.45, 2.75) is 31.8 Å². The van der Waals surface area contributed by atoms with Crippen molar-refractivity contribution in [3.63, 3.8) is 0 Å². The minimum Gasteiger partial charge on any atom is -0.461 e. The quantitative estimate of drug-likeness (QED) is 0.221. The highest BCUT2D eigenvalue weighted by Gasteiger charge is 2.74. The molecule has 7 heteroatoms. The molecule has 0 aromatic heterocycles.